The molecule has 1 amide bonds. The van der Waals surface area contributed by atoms with E-state index >= 15 is 0 Å². The maximum absolute atomic E-state index is 12.1. The molecule has 1 fully saturated rings. The number of imidazole rings is 1. The van der Waals surface area contributed by atoms with Crippen LogP contribution in [0.25, 0.3) is 16.8 Å². The van der Waals surface area contributed by atoms with Gasteiger partial charge in [0.25, 0.3) is 5.91 Å². The minimum Gasteiger partial charge on any atom is -0.475 e. The summed E-state index contributed by atoms with van der Waals surface area (Å²) in [5.41, 5.74) is 0.608. The molecule has 3 heterocycles. The van der Waals surface area contributed by atoms with Crippen molar-refractivity contribution >= 4 is 29.0 Å². The number of carboxylic acid groups (broad SMARTS) is 1. The average Bonchev–Trinajstić information content (AvgIpc) is 3.20. The molecule has 8 heteroatoms. The number of aromatic carboxylic acids is 1. The summed E-state index contributed by atoms with van der Waals surface area (Å²) in [5, 5.41) is 20.3. The van der Waals surface area contributed by atoms with Gasteiger partial charge in [0.05, 0.1) is 16.2 Å². The van der Waals surface area contributed by atoms with E-state index in [0.29, 0.717) is 33.9 Å². The third-order valence-electron chi connectivity index (χ3n) is 4.85. The van der Waals surface area contributed by atoms with Crippen LogP contribution in [0.1, 0.15) is 22.6 Å². The second-order valence-corrected chi connectivity index (χ2v) is 7.30. The van der Waals surface area contributed by atoms with Gasteiger partial charge in [-0.05, 0) is 24.3 Å². The molecule has 0 spiro atoms. The maximum atomic E-state index is 12.1. The first-order valence-corrected chi connectivity index (χ1v) is 9.19. The maximum Gasteiger partial charge on any atom is 0.372 e. The van der Waals surface area contributed by atoms with E-state index in [1.54, 1.807) is 43.4 Å². The highest BCUT2D eigenvalue weighted by Gasteiger charge is 2.42. The number of aromatic nitrogens is 2. The Kier molecular flexibility index (Phi) is 4.53. The lowest BCUT2D eigenvalue weighted by molar-refractivity contribution is -0.137. The van der Waals surface area contributed by atoms with Gasteiger partial charge in [-0.15, -0.1) is 0 Å². The van der Waals surface area contributed by atoms with Crippen LogP contribution in [0.2, 0.25) is 5.02 Å². The Bertz CT molecular complexity index is 1220. The summed E-state index contributed by atoms with van der Waals surface area (Å²) in [4.78, 5) is 29.3. The molecule has 0 saturated carbocycles. The van der Waals surface area contributed by atoms with Gasteiger partial charge < -0.3 is 15.1 Å². The topological polar surface area (TPSA) is 95.1 Å². The first kappa shape index (κ1) is 19.0. The second-order valence-electron chi connectivity index (χ2n) is 6.86. The Labute approximate surface area is 171 Å². The van der Waals surface area contributed by atoms with Gasteiger partial charge in [0.2, 0.25) is 11.4 Å². The van der Waals surface area contributed by atoms with Crippen molar-refractivity contribution in [2.75, 3.05) is 13.6 Å². The van der Waals surface area contributed by atoms with Crippen LogP contribution >= 0.6 is 11.6 Å². The third-order valence-corrected chi connectivity index (χ3v) is 5.07. The second kappa shape index (κ2) is 6.92. The Morgan fingerprint density at radius 3 is 2.79 bits per heavy atom. The van der Waals surface area contributed by atoms with Gasteiger partial charge in [-0.2, -0.15) is 0 Å². The number of nitrogens with zero attached hydrogens (tertiary/aromatic N) is 3. The molecule has 2 N–H and O–H groups in total. The number of amides is 1. The first-order chi connectivity index (χ1) is 13.8. The van der Waals surface area contributed by atoms with Crippen LogP contribution in [0, 0.1) is 11.8 Å². The molecule has 1 saturated heterocycles. The first-order valence-electron chi connectivity index (χ1n) is 8.81. The fourth-order valence-corrected chi connectivity index (χ4v) is 3.47. The highest BCUT2D eigenvalue weighted by Crippen LogP contribution is 2.27. The number of likely N-dealkylation sites (N-methyl/N-ethyl adjacent to an activating group) is 1. The van der Waals surface area contributed by atoms with E-state index in [4.69, 9.17) is 11.6 Å². The predicted molar refractivity (Wildman–Crippen MR) is 107 cm³/mol. The number of halogens is 1. The molecule has 0 radical (unpaired) electrons. The Hall–Kier alpha value is -3.34. The number of carbonyl (C=O) groups excluding carboxylic acids is 1. The van der Waals surface area contributed by atoms with E-state index in [9.17, 15) is 19.8 Å². The summed E-state index contributed by atoms with van der Waals surface area (Å²) in [7, 11) is 1.62. The average molecular weight is 410 g/mol. The fourth-order valence-electron chi connectivity index (χ4n) is 3.31. The molecule has 0 aliphatic carbocycles. The van der Waals surface area contributed by atoms with E-state index in [1.807, 2.05) is 0 Å². The fraction of sp³-hybridized carbons (Fsp3) is 0.190. The number of pyridine rings is 1. The van der Waals surface area contributed by atoms with Crippen LogP contribution in [-0.4, -0.2) is 55.6 Å². The number of rotatable bonds is 2. The zero-order valence-electron chi connectivity index (χ0n) is 15.4. The molecule has 1 unspecified atom stereocenters. The molecule has 0 bridgehead atoms. The van der Waals surface area contributed by atoms with E-state index in [0.717, 1.165) is 0 Å². The SMILES string of the molecule is CN1CCC(O)(C#Cc2cccc(-c3nc(C(=O)O)n4cc(Cl)ccc34)c2)C1=O. The van der Waals surface area contributed by atoms with Crippen LogP contribution < -0.4 is 0 Å². The Morgan fingerprint density at radius 1 is 1.31 bits per heavy atom. The molecule has 146 valence electrons. The monoisotopic (exact) mass is 409 g/mol. The van der Waals surface area contributed by atoms with Crippen LogP contribution in [0.5, 0.6) is 0 Å². The number of likely N-dealkylation sites (tertiary alicyclic amines) is 1. The number of hydrogen-bond donors (Lipinski definition) is 2. The molecular formula is C21H16ClN3O4. The third kappa shape index (κ3) is 3.33. The molecule has 3 aromatic rings. The Balaban J connectivity index is 1.77. The van der Waals surface area contributed by atoms with Crippen LogP contribution in [0.15, 0.2) is 42.6 Å². The molecule has 1 aromatic carbocycles. The summed E-state index contributed by atoms with van der Waals surface area (Å²) in [6.45, 7) is 0.450. The molecule has 1 atom stereocenters. The highest BCUT2D eigenvalue weighted by atomic mass is 35.5. The summed E-state index contributed by atoms with van der Waals surface area (Å²) >= 11 is 6.00. The predicted octanol–water partition coefficient (Wildman–Crippen LogP) is 2.30. The van der Waals surface area contributed by atoms with Crippen molar-refractivity contribution in [3.05, 3.63) is 59.0 Å². The van der Waals surface area contributed by atoms with E-state index < -0.39 is 17.5 Å². The van der Waals surface area contributed by atoms with Crippen LogP contribution in [0.3, 0.4) is 0 Å². The van der Waals surface area contributed by atoms with Crippen molar-refractivity contribution in [1.82, 2.24) is 14.3 Å². The number of aliphatic hydroxyl groups is 1. The largest absolute Gasteiger partial charge is 0.475 e. The van der Waals surface area contributed by atoms with Gasteiger partial charge in [-0.3, -0.25) is 9.20 Å². The van der Waals surface area contributed by atoms with Gasteiger partial charge in [0, 0.05) is 37.3 Å². The number of carboxylic acids is 1. The van der Waals surface area contributed by atoms with Gasteiger partial charge >= 0.3 is 5.97 Å². The zero-order valence-corrected chi connectivity index (χ0v) is 16.1. The quantitative estimate of drug-likeness (QED) is 0.633. The standard InChI is InChI=1S/C21H16ClN3O4/c1-24-10-9-21(29,20(24)28)8-7-13-3-2-4-14(11-13)17-16-6-5-15(22)12-25(16)18(23-17)19(26)27/h2-6,11-12,29H,9-10H2,1H3,(H,26,27). The minimum atomic E-state index is -1.68. The number of carbonyl (C=O) groups is 2. The lowest BCUT2D eigenvalue weighted by Gasteiger charge is -2.13. The molecular weight excluding hydrogens is 394 g/mol. The minimum absolute atomic E-state index is 0.150. The Morgan fingerprint density at radius 2 is 2.10 bits per heavy atom. The van der Waals surface area contributed by atoms with Crippen molar-refractivity contribution < 1.29 is 19.8 Å². The van der Waals surface area contributed by atoms with Crippen molar-refractivity contribution in [1.29, 1.82) is 0 Å². The van der Waals surface area contributed by atoms with Gasteiger partial charge in [-0.25, -0.2) is 9.78 Å². The number of fused-ring (bicyclic) bond motifs is 1. The van der Waals surface area contributed by atoms with Gasteiger partial charge in [0.1, 0.15) is 0 Å². The normalized spacial score (nSPS) is 18.7. The van der Waals surface area contributed by atoms with Crippen molar-refractivity contribution in [3.63, 3.8) is 0 Å². The summed E-state index contributed by atoms with van der Waals surface area (Å²) in [5.74, 6) is 3.80. The highest BCUT2D eigenvalue weighted by molar-refractivity contribution is 6.30. The molecule has 1 aliphatic heterocycles. The summed E-state index contributed by atoms with van der Waals surface area (Å²) in [6.07, 6.45) is 1.75. The molecule has 29 heavy (non-hydrogen) atoms. The van der Waals surface area contributed by atoms with E-state index in [2.05, 4.69) is 16.8 Å². The van der Waals surface area contributed by atoms with Crippen molar-refractivity contribution in [2.45, 2.75) is 12.0 Å². The lowest BCUT2D eigenvalue weighted by atomic mass is 10.0. The molecule has 4 rings (SSSR count). The summed E-state index contributed by atoms with van der Waals surface area (Å²) < 4.78 is 1.42. The van der Waals surface area contributed by atoms with E-state index in [1.165, 1.54) is 15.5 Å². The molecule has 2 aromatic heterocycles. The smallest absolute Gasteiger partial charge is 0.372 e. The van der Waals surface area contributed by atoms with Gasteiger partial charge in [-0.1, -0.05) is 35.6 Å². The van der Waals surface area contributed by atoms with Crippen LogP contribution in [0.4, 0.5) is 0 Å². The zero-order chi connectivity index (χ0) is 20.8. The molecule has 1 aliphatic rings. The van der Waals surface area contributed by atoms with Crippen molar-refractivity contribution in [3.8, 4) is 23.1 Å². The van der Waals surface area contributed by atoms with E-state index in [-0.39, 0.29) is 12.2 Å². The lowest BCUT2D eigenvalue weighted by Crippen LogP contribution is -2.37. The van der Waals surface area contributed by atoms with Gasteiger partial charge in [0.15, 0.2) is 0 Å². The van der Waals surface area contributed by atoms with Crippen LogP contribution in [-0.2, 0) is 4.79 Å². The summed E-state index contributed by atoms with van der Waals surface area (Å²) in [6, 6.07) is 10.4. The molecule has 7 nitrogen and oxygen atoms in total. The van der Waals surface area contributed by atoms with Crippen molar-refractivity contribution in [2.24, 2.45) is 0 Å². The number of hydrogen-bond acceptors (Lipinski definition) is 4. The number of benzene rings is 1.